The number of tetrazole rings is 3. The van der Waals surface area contributed by atoms with Gasteiger partial charge in [-0.2, -0.15) is 15.6 Å². The predicted octanol–water partition coefficient (Wildman–Crippen LogP) is 0.549. The molecule has 0 aliphatic carbocycles. The van der Waals surface area contributed by atoms with Gasteiger partial charge in [-0.25, -0.2) is 15.0 Å². The maximum atomic E-state index is 12.2. The summed E-state index contributed by atoms with van der Waals surface area (Å²) in [5, 5.41) is 39.9. The van der Waals surface area contributed by atoms with Gasteiger partial charge in [0.25, 0.3) is 16.7 Å². The Balaban J connectivity index is 0.000000119. The van der Waals surface area contributed by atoms with E-state index < -0.39 is 0 Å². The number of aryl methyl sites for hydroxylation is 3. The number of H-pyrrole nitrogens is 3. The molecule has 0 unspecified atom stereocenters. The zero-order valence-corrected chi connectivity index (χ0v) is 26.9. The van der Waals surface area contributed by atoms with Crippen LogP contribution in [0.3, 0.4) is 0 Å². The molecule has 0 amide bonds. The molecule has 9 heterocycles. The molecule has 252 valence electrons. The summed E-state index contributed by atoms with van der Waals surface area (Å²) < 4.78 is 4.42. The molecule has 0 bridgehead atoms. The van der Waals surface area contributed by atoms with Crippen molar-refractivity contribution >= 4 is 16.9 Å². The second-order valence-electron chi connectivity index (χ2n) is 10.8. The first kappa shape index (κ1) is 31.9. The minimum Gasteiger partial charge on any atom is -0.268 e. The normalized spacial score (nSPS) is 10.9. The van der Waals surface area contributed by atoms with E-state index >= 15 is 0 Å². The van der Waals surface area contributed by atoms with E-state index in [0.29, 0.717) is 33.6 Å². The van der Waals surface area contributed by atoms with Gasteiger partial charge in [-0.05, 0) is 71.3 Å². The minimum atomic E-state index is -0.208. The second-order valence-corrected chi connectivity index (χ2v) is 10.8. The first-order chi connectivity index (χ1) is 24.8. The van der Waals surface area contributed by atoms with Gasteiger partial charge in [0.1, 0.15) is 33.6 Å². The molecular weight excluding hydrogens is 660 g/mol. The molecule has 0 saturated heterocycles. The highest BCUT2D eigenvalue weighted by atomic mass is 16.1. The highest BCUT2D eigenvalue weighted by Crippen LogP contribution is 2.12. The van der Waals surface area contributed by atoms with Crippen LogP contribution in [0.25, 0.3) is 51.1 Å². The molecule has 51 heavy (non-hydrogen) atoms. The number of fused-ring (bicyclic) bond motifs is 3. The van der Waals surface area contributed by atoms with Gasteiger partial charge in [-0.1, -0.05) is 18.2 Å². The zero-order chi connectivity index (χ0) is 35.5. The van der Waals surface area contributed by atoms with E-state index in [1.54, 1.807) is 36.8 Å². The summed E-state index contributed by atoms with van der Waals surface area (Å²) in [5.74, 6) is 0.746. The van der Waals surface area contributed by atoms with Crippen LogP contribution in [0.4, 0.5) is 0 Å². The van der Waals surface area contributed by atoms with Gasteiger partial charge in [0, 0.05) is 37.2 Å². The SMILES string of the molecule is Cc1cccn2c(=O)c(-c3nn[nH]n3)cnc12.Cc1cccn2c(=O)c(-c3nn[nH]n3)cnc12.Cc1cccn2c(=O)c(-c3nn[nH]n3)cnc12. The van der Waals surface area contributed by atoms with Gasteiger partial charge < -0.3 is 0 Å². The maximum Gasteiger partial charge on any atom is 0.269 e. The summed E-state index contributed by atoms with van der Waals surface area (Å²) in [6.07, 6.45) is 9.41. The van der Waals surface area contributed by atoms with E-state index in [-0.39, 0.29) is 34.2 Å². The van der Waals surface area contributed by atoms with E-state index in [1.807, 2.05) is 39.0 Å². The molecule has 0 saturated carbocycles. The smallest absolute Gasteiger partial charge is 0.268 e. The third kappa shape index (κ3) is 6.08. The number of hydrogen-bond acceptors (Lipinski definition) is 15. The molecule has 0 aliphatic rings. The lowest BCUT2D eigenvalue weighted by Gasteiger charge is -2.03. The maximum absolute atomic E-state index is 12.2. The van der Waals surface area contributed by atoms with E-state index in [0.717, 1.165) is 16.7 Å². The molecule has 21 heteroatoms. The molecule has 0 aromatic carbocycles. The molecule has 9 rings (SSSR count). The summed E-state index contributed by atoms with van der Waals surface area (Å²) in [6, 6.07) is 11.1. The fourth-order valence-corrected chi connectivity index (χ4v) is 5.03. The van der Waals surface area contributed by atoms with Crippen LogP contribution in [0.5, 0.6) is 0 Å². The molecule has 0 spiro atoms. The van der Waals surface area contributed by atoms with Crippen molar-refractivity contribution in [2.75, 3.05) is 0 Å². The van der Waals surface area contributed by atoms with Gasteiger partial charge in [-0.3, -0.25) is 27.6 Å². The fraction of sp³-hybridized carbons (Fsp3) is 0.100. The van der Waals surface area contributed by atoms with Crippen molar-refractivity contribution in [3.63, 3.8) is 0 Å². The fourth-order valence-electron chi connectivity index (χ4n) is 5.03. The van der Waals surface area contributed by atoms with Crippen molar-refractivity contribution in [1.82, 2.24) is 90.0 Å². The Morgan fingerprint density at radius 1 is 0.471 bits per heavy atom. The zero-order valence-electron chi connectivity index (χ0n) is 26.9. The Labute approximate surface area is 283 Å². The number of hydrogen-bond donors (Lipinski definition) is 3. The molecule has 0 aliphatic heterocycles. The van der Waals surface area contributed by atoms with Crippen molar-refractivity contribution in [3.8, 4) is 34.2 Å². The van der Waals surface area contributed by atoms with E-state index in [4.69, 9.17) is 0 Å². The lowest BCUT2D eigenvalue weighted by Crippen LogP contribution is -2.17. The summed E-state index contributed by atoms with van der Waals surface area (Å²) >= 11 is 0. The highest BCUT2D eigenvalue weighted by molar-refractivity contribution is 5.58. The van der Waals surface area contributed by atoms with Crippen LogP contribution in [-0.2, 0) is 0 Å². The number of pyridine rings is 3. The summed E-state index contributed by atoms with van der Waals surface area (Å²) in [4.78, 5) is 49.3. The molecule has 0 atom stereocenters. The average Bonchev–Trinajstić information content (AvgIpc) is 3.96. The molecule has 3 N–H and O–H groups in total. The van der Waals surface area contributed by atoms with Crippen molar-refractivity contribution in [2.45, 2.75) is 20.8 Å². The Morgan fingerprint density at radius 3 is 1.02 bits per heavy atom. The first-order valence-electron chi connectivity index (χ1n) is 14.9. The topological polar surface area (TPSA) is 266 Å². The van der Waals surface area contributed by atoms with Gasteiger partial charge in [0.15, 0.2) is 0 Å². The quantitative estimate of drug-likeness (QED) is 0.229. The molecule has 21 nitrogen and oxygen atoms in total. The van der Waals surface area contributed by atoms with Gasteiger partial charge in [0.05, 0.1) is 0 Å². The number of aromatic amines is 3. The Morgan fingerprint density at radius 2 is 0.765 bits per heavy atom. The number of aromatic nitrogens is 18. The van der Waals surface area contributed by atoms with Crippen LogP contribution < -0.4 is 16.7 Å². The van der Waals surface area contributed by atoms with Gasteiger partial charge in [-0.15, -0.1) is 30.6 Å². The van der Waals surface area contributed by atoms with E-state index in [1.165, 1.54) is 31.8 Å². The van der Waals surface area contributed by atoms with Crippen LogP contribution in [0, 0.1) is 20.8 Å². The summed E-state index contributed by atoms with van der Waals surface area (Å²) in [5.41, 5.74) is 5.03. The van der Waals surface area contributed by atoms with Crippen LogP contribution in [-0.4, -0.2) is 90.0 Å². The molecule has 9 aromatic heterocycles. The van der Waals surface area contributed by atoms with Crippen molar-refractivity contribution < 1.29 is 0 Å². The summed E-state index contributed by atoms with van der Waals surface area (Å²) in [7, 11) is 0. The van der Waals surface area contributed by atoms with Crippen LogP contribution in [0.1, 0.15) is 16.7 Å². The standard InChI is InChI=1S/3C10H8N6O/c3*1-6-3-2-4-16-9(6)11-5-7(10(16)17)8-12-14-15-13-8/h3*2-5H,1H3,(H,12,13,14,15). The van der Waals surface area contributed by atoms with E-state index in [9.17, 15) is 14.4 Å². The van der Waals surface area contributed by atoms with Crippen molar-refractivity contribution in [1.29, 1.82) is 0 Å². The van der Waals surface area contributed by atoms with Gasteiger partial charge >= 0.3 is 0 Å². The molecular formula is C30H24N18O3. The Hall–Kier alpha value is -7.71. The van der Waals surface area contributed by atoms with Crippen molar-refractivity contribution in [3.05, 3.63) is 121 Å². The third-order valence-corrected chi connectivity index (χ3v) is 7.54. The van der Waals surface area contributed by atoms with Crippen LogP contribution in [0.15, 0.2) is 88.0 Å². The number of rotatable bonds is 3. The molecule has 9 aromatic rings. The third-order valence-electron chi connectivity index (χ3n) is 7.54. The highest BCUT2D eigenvalue weighted by Gasteiger charge is 2.14. The molecule has 0 fully saturated rings. The summed E-state index contributed by atoms with van der Waals surface area (Å²) in [6.45, 7) is 5.70. The Bertz CT molecular complexity index is 2500. The van der Waals surface area contributed by atoms with Crippen LogP contribution in [0.2, 0.25) is 0 Å². The number of nitrogens with zero attached hydrogens (tertiary/aromatic N) is 15. The monoisotopic (exact) mass is 684 g/mol. The molecule has 0 radical (unpaired) electrons. The minimum absolute atomic E-state index is 0.208. The van der Waals surface area contributed by atoms with E-state index in [2.05, 4.69) is 76.8 Å². The Kier molecular flexibility index (Phi) is 8.39. The number of nitrogens with one attached hydrogen (secondary N) is 3. The first-order valence-corrected chi connectivity index (χ1v) is 14.9. The predicted molar refractivity (Wildman–Crippen MR) is 178 cm³/mol. The lowest BCUT2D eigenvalue weighted by molar-refractivity contribution is 0.881. The second kappa shape index (κ2) is 13.4. The lowest BCUT2D eigenvalue weighted by atomic mass is 10.2. The average molecular weight is 685 g/mol. The largest absolute Gasteiger partial charge is 0.269 e. The van der Waals surface area contributed by atoms with Gasteiger partial charge in [0.2, 0.25) is 17.5 Å². The van der Waals surface area contributed by atoms with Crippen LogP contribution >= 0.6 is 0 Å². The van der Waals surface area contributed by atoms with Crippen molar-refractivity contribution in [2.24, 2.45) is 0 Å².